The monoisotopic (exact) mass is 311 g/mol. The van der Waals surface area contributed by atoms with Crippen molar-refractivity contribution in [3.8, 4) is 6.07 Å². The first kappa shape index (κ1) is 16.9. The summed E-state index contributed by atoms with van der Waals surface area (Å²) in [6.45, 7) is 0.702. The van der Waals surface area contributed by atoms with Gasteiger partial charge in [0.2, 0.25) is 0 Å². The van der Waals surface area contributed by atoms with Crippen LogP contribution in [0.1, 0.15) is 16.8 Å². The van der Waals surface area contributed by atoms with Crippen LogP contribution < -0.4 is 0 Å². The zero-order valence-electron chi connectivity index (χ0n) is 11.4. The second kappa shape index (κ2) is 8.19. The van der Waals surface area contributed by atoms with E-state index in [9.17, 15) is 14.9 Å². The average Bonchev–Trinajstić information content (AvgIpc) is 2.46. The van der Waals surface area contributed by atoms with E-state index in [1.165, 1.54) is 24.1 Å². The normalized spacial score (nSPS) is 9.95. The summed E-state index contributed by atoms with van der Waals surface area (Å²) < 4.78 is 4.90. The van der Waals surface area contributed by atoms with Gasteiger partial charge in [-0.25, -0.2) is 0 Å². The van der Waals surface area contributed by atoms with Gasteiger partial charge in [0.15, 0.2) is 0 Å². The van der Waals surface area contributed by atoms with Crippen LogP contribution in [0.2, 0.25) is 5.02 Å². The van der Waals surface area contributed by atoms with Crippen LogP contribution >= 0.6 is 11.6 Å². The summed E-state index contributed by atoms with van der Waals surface area (Å²) in [4.78, 5) is 24.1. The number of hydrogen-bond acceptors (Lipinski definition) is 5. The number of hydrogen-bond donors (Lipinski definition) is 0. The van der Waals surface area contributed by atoms with E-state index in [1.807, 2.05) is 6.07 Å². The van der Waals surface area contributed by atoms with E-state index >= 15 is 0 Å². The summed E-state index contributed by atoms with van der Waals surface area (Å²) in [5, 5.41) is 19.8. The van der Waals surface area contributed by atoms with Crippen molar-refractivity contribution < 1.29 is 14.5 Å². The SMILES string of the molecule is COCCN(CCC#N)C(=O)c1ccc(Cl)cc1[N+](=O)[O-]. The molecule has 0 fully saturated rings. The molecule has 1 rings (SSSR count). The summed E-state index contributed by atoms with van der Waals surface area (Å²) in [6, 6.07) is 5.80. The van der Waals surface area contributed by atoms with Crippen molar-refractivity contribution in [3.05, 3.63) is 38.9 Å². The summed E-state index contributed by atoms with van der Waals surface area (Å²) in [6.07, 6.45) is 0.136. The number of rotatable bonds is 7. The Labute approximate surface area is 126 Å². The molecule has 0 aliphatic heterocycles. The number of nitro groups is 1. The van der Waals surface area contributed by atoms with Crippen molar-refractivity contribution in [3.63, 3.8) is 0 Å². The van der Waals surface area contributed by atoms with Crippen molar-refractivity contribution in [2.75, 3.05) is 26.8 Å². The summed E-state index contributed by atoms with van der Waals surface area (Å²) in [5.74, 6) is -0.523. The van der Waals surface area contributed by atoms with Crippen LogP contribution in [0.4, 0.5) is 5.69 Å². The minimum Gasteiger partial charge on any atom is -0.383 e. The largest absolute Gasteiger partial charge is 0.383 e. The molecule has 0 N–H and O–H groups in total. The van der Waals surface area contributed by atoms with Gasteiger partial charge < -0.3 is 9.64 Å². The third-order valence-corrected chi connectivity index (χ3v) is 2.97. The molecule has 0 unspecified atom stereocenters. The Hall–Kier alpha value is -2.17. The third-order valence-electron chi connectivity index (χ3n) is 2.73. The van der Waals surface area contributed by atoms with Gasteiger partial charge in [-0.15, -0.1) is 0 Å². The molecule has 0 heterocycles. The van der Waals surface area contributed by atoms with Gasteiger partial charge in [-0.1, -0.05) is 11.6 Å². The molecule has 0 atom stereocenters. The number of amides is 1. The maximum Gasteiger partial charge on any atom is 0.283 e. The minimum absolute atomic E-state index is 0.0570. The molecule has 0 bridgehead atoms. The van der Waals surface area contributed by atoms with Gasteiger partial charge in [-0.2, -0.15) is 5.26 Å². The Bertz CT molecular complexity index is 571. The number of benzene rings is 1. The number of nitriles is 1. The standard InChI is InChI=1S/C13H14ClN3O4/c1-21-8-7-16(6-2-5-15)13(18)11-4-3-10(14)9-12(11)17(19)20/h3-4,9H,2,6-8H2,1H3. The lowest BCUT2D eigenvalue weighted by atomic mass is 10.1. The average molecular weight is 312 g/mol. The maximum atomic E-state index is 12.4. The van der Waals surface area contributed by atoms with Crippen LogP contribution in [-0.2, 0) is 4.74 Å². The lowest BCUT2D eigenvalue weighted by molar-refractivity contribution is -0.385. The van der Waals surface area contributed by atoms with Crippen molar-refractivity contribution in [1.82, 2.24) is 4.90 Å². The van der Waals surface area contributed by atoms with Crippen LogP contribution in [0, 0.1) is 21.4 Å². The molecule has 0 radical (unpaired) electrons. The molecule has 0 spiro atoms. The molecule has 8 heteroatoms. The van der Waals surface area contributed by atoms with Gasteiger partial charge in [0.1, 0.15) is 5.56 Å². The fraction of sp³-hybridized carbons (Fsp3) is 0.385. The molecule has 1 aromatic rings. The molecule has 1 amide bonds. The van der Waals surface area contributed by atoms with E-state index in [0.29, 0.717) is 0 Å². The summed E-state index contributed by atoms with van der Waals surface area (Å²) >= 11 is 5.72. The van der Waals surface area contributed by atoms with E-state index in [-0.39, 0.29) is 42.4 Å². The first-order chi connectivity index (χ1) is 10.0. The predicted molar refractivity (Wildman–Crippen MR) is 76.1 cm³/mol. The van der Waals surface area contributed by atoms with Gasteiger partial charge in [-0.05, 0) is 12.1 Å². The number of methoxy groups -OCH3 is 1. The van der Waals surface area contributed by atoms with Crippen molar-refractivity contribution in [2.45, 2.75) is 6.42 Å². The van der Waals surface area contributed by atoms with E-state index in [4.69, 9.17) is 21.6 Å². The Morgan fingerprint density at radius 3 is 2.81 bits per heavy atom. The molecule has 0 aromatic heterocycles. The van der Waals surface area contributed by atoms with Crippen molar-refractivity contribution >= 4 is 23.2 Å². The highest BCUT2D eigenvalue weighted by atomic mass is 35.5. The number of carbonyl (C=O) groups excluding carboxylic acids is 1. The van der Waals surface area contributed by atoms with E-state index in [0.717, 1.165) is 6.07 Å². The zero-order valence-corrected chi connectivity index (χ0v) is 12.2. The summed E-state index contributed by atoms with van der Waals surface area (Å²) in [7, 11) is 1.48. The fourth-order valence-corrected chi connectivity index (χ4v) is 1.87. The molecule has 0 saturated carbocycles. The number of carbonyl (C=O) groups is 1. The van der Waals surface area contributed by atoms with Crippen LogP contribution in [0.3, 0.4) is 0 Å². The van der Waals surface area contributed by atoms with E-state index in [2.05, 4.69) is 0 Å². The Morgan fingerprint density at radius 2 is 2.24 bits per heavy atom. The molecule has 7 nitrogen and oxygen atoms in total. The second-order valence-electron chi connectivity index (χ2n) is 4.11. The van der Waals surface area contributed by atoms with Gasteiger partial charge in [0, 0.05) is 31.3 Å². The lowest BCUT2D eigenvalue weighted by Gasteiger charge is -2.21. The molecular weight excluding hydrogens is 298 g/mol. The van der Waals surface area contributed by atoms with Gasteiger partial charge in [0.25, 0.3) is 11.6 Å². The molecular formula is C13H14ClN3O4. The van der Waals surface area contributed by atoms with Crippen LogP contribution in [0.5, 0.6) is 0 Å². The van der Waals surface area contributed by atoms with Gasteiger partial charge in [0.05, 0.1) is 24.0 Å². The van der Waals surface area contributed by atoms with Gasteiger partial charge >= 0.3 is 0 Å². The highest BCUT2D eigenvalue weighted by molar-refractivity contribution is 6.31. The topological polar surface area (TPSA) is 96.5 Å². The zero-order chi connectivity index (χ0) is 15.8. The number of ether oxygens (including phenoxy) is 1. The first-order valence-electron chi connectivity index (χ1n) is 6.10. The lowest BCUT2D eigenvalue weighted by Crippen LogP contribution is -2.35. The van der Waals surface area contributed by atoms with Crippen LogP contribution in [-0.4, -0.2) is 42.5 Å². The summed E-state index contributed by atoms with van der Waals surface area (Å²) in [5.41, 5.74) is -0.412. The predicted octanol–water partition coefficient (Wildman–Crippen LogP) is 2.25. The van der Waals surface area contributed by atoms with E-state index in [1.54, 1.807) is 0 Å². The smallest absolute Gasteiger partial charge is 0.283 e. The Balaban J connectivity index is 3.07. The fourth-order valence-electron chi connectivity index (χ4n) is 1.71. The Kier molecular flexibility index (Phi) is 6.59. The molecule has 0 aliphatic rings. The van der Waals surface area contributed by atoms with E-state index < -0.39 is 10.8 Å². The molecule has 0 saturated heterocycles. The van der Waals surface area contributed by atoms with Gasteiger partial charge in [-0.3, -0.25) is 14.9 Å². The van der Waals surface area contributed by atoms with Crippen LogP contribution in [0.25, 0.3) is 0 Å². The maximum absolute atomic E-state index is 12.4. The highest BCUT2D eigenvalue weighted by Gasteiger charge is 2.24. The Morgan fingerprint density at radius 1 is 1.52 bits per heavy atom. The molecule has 1 aromatic carbocycles. The number of nitrogens with zero attached hydrogens (tertiary/aromatic N) is 3. The molecule has 0 aliphatic carbocycles. The molecule has 21 heavy (non-hydrogen) atoms. The third kappa shape index (κ3) is 4.70. The van der Waals surface area contributed by atoms with Crippen LogP contribution in [0.15, 0.2) is 18.2 Å². The number of nitro benzene ring substituents is 1. The first-order valence-corrected chi connectivity index (χ1v) is 6.48. The minimum atomic E-state index is -0.655. The highest BCUT2D eigenvalue weighted by Crippen LogP contribution is 2.24. The second-order valence-corrected chi connectivity index (χ2v) is 4.55. The molecule has 112 valence electrons. The van der Waals surface area contributed by atoms with Crippen molar-refractivity contribution in [2.24, 2.45) is 0 Å². The quantitative estimate of drug-likeness (QED) is 0.568. The number of halogens is 1. The van der Waals surface area contributed by atoms with Crippen molar-refractivity contribution in [1.29, 1.82) is 5.26 Å².